The van der Waals surface area contributed by atoms with Gasteiger partial charge < -0.3 is 14.7 Å². The maximum atomic E-state index is 10.3. The number of piperazine rings is 1. The smallest absolute Gasteiger partial charge is 0.136 e. The van der Waals surface area contributed by atoms with Crippen LogP contribution in [0.2, 0.25) is 5.02 Å². The molecule has 31 heavy (non-hydrogen) atoms. The number of ether oxygens (including phenoxy) is 1. The normalized spacial score (nSPS) is 16.2. The standard InChI is InChI=1S/C24H35ClN4O2/c1-17(2)15-31-16-21(30)14-28-9-11-29(12-10-28)24-22(18(3)26-19(4)27-24)13-20-7-5-6-8-23(20)25/h5-8,17,21,30H,9-16H2,1-4H3. The zero-order valence-corrected chi connectivity index (χ0v) is 19.9. The summed E-state index contributed by atoms with van der Waals surface area (Å²) in [7, 11) is 0. The van der Waals surface area contributed by atoms with Crippen LogP contribution in [0.15, 0.2) is 24.3 Å². The van der Waals surface area contributed by atoms with Crippen molar-refractivity contribution in [1.82, 2.24) is 14.9 Å². The molecule has 3 rings (SSSR count). The summed E-state index contributed by atoms with van der Waals surface area (Å²) in [5, 5.41) is 11.1. The lowest BCUT2D eigenvalue weighted by atomic mass is 10.0. The van der Waals surface area contributed by atoms with Gasteiger partial charge in [-0.2, -0.15) is 0 Å². The Morgan fingerprint density at radius 3 is 2.45 bits per heavy atom. The Bertz CT molecular complexity index is 853. The van der Waals surface area contributed by atoms with Gasteiger partial charge >= 0.3 is 0 Å². The van der Waals surface area contributed by atoms with Crippen molar-refractivity contribution in [3.63, 3.8) is 0 Å². The zero-order chi connectivity index (χ0) is 22.4. The largest absolute Gasteiger partial charge is 0.389 e. The number of aryl methyl sites for hydroxylation is 2. The third kappa shape index (κ3) is 6.88. The van der Waals surface area contributed by atoms with Gasteiger partial charge in [-0.3, -0.25) is 4.90 Å². The number of nitrogens with zero attached hydrogens (tertiary/aromatic N) is 4. The van der Waals surface area contributed by atoms with E-state index in [-0.39, 0.29) is 0 Å². The Morgan fingerprint density at radius 1 is 1.06 bits per heavy atom. The monoisotopic (exact) mass is 446 g/mol. The molecule has 1 atom stereocenters. The van der Waals surface area contributed by atoms with Crippen LogP contribution in [0.3, 0.4) is 0 Å². The summed E-state index contributed by atoms with van der Waals surface area (Å²) in [6.07, 6.45) is 0.261. The average Bonchev–Trinajstić information content (AvgIpc) is 2.71. The van der Waals surface area contributed by atoms with Crippen molar-refractivity contribution in [3.05, 3.63) is 51.9 Å². The Morgan fingerprint density at radius 2 is 1.77 bits per heavy atom. The van der Waals surface area contributed by atoms with Crippen molar-refractivity contribution in [3.8, 4) is 0 Å². The SMILES string of the molecule is Cc1nc(C)c(Cc2ccccc2Cl)c(N2CCN(CC(O)COCC(C)C)CC2)n1. The Hall–Kier alpha value is -1.73. The predicted molar refractivity (Wildman–Crippen MR) is 126 cm³/mol. The first kappa shape index (κ1) is 23.9. The molecule has 1 aliphatic rings. The minimum Gasteiger partial charge on any atom is -0.389 e. The highest BCUT2D eigenvalue weighted by molar-refractivity contribution is 6.31. The van der Waals surface area contributed by atoms with Crippen molar-refractivity contribution >= 4 is 17.4 Å². The van der Waals surface area contributed by atoms with Gasteiger partial charge in [-0.1, -0.05) is 43.6 Å². The van der Waals surface area contributed by atoms with E-state index in [4.69, 9.17) is 21.3 Å². The summed E-state index contributed by atoms with van der Waals surface area (Å²) in [6, 6.07) is 7.95. The third-order valence-electron chi connectivity index (χ3n) is 5.53. The van der Waals surface area contributed by atoms with Gasteiger partial charge in [-0.25, -0.2) is 9.97 Å². The van der Waals surface area contributed by atoms with Crippen LogP contribution in [-0.2, 0) is 11.2 Å². The van der Waals surface area contributed by atoms with Gasteiger partial charge in [0.15, 0.2) is 0 Å². The second-order valence-corrected chi connectivity index (χ2v) is 9.21. The van der Waals surface area contributed by atoms with Crippen LogP contribution < -0.4 is 4.90 Å². The summed E-state index contributed by atoms with van der Waals surface area (Å²) in [6.45, 7) is 13.4. The molecule has 1 saturated heterocycles. The van der Waals surface area contributed by atoms with Crippen LogP contribution >= 0.6 is 11.6 Å². The second kappa shape index (κ2) is 11.2. The zero-order valence-electron chi connectivity index (χ0n) is 19.1. The van der Waals surface area contributed by atoms with Crippen molar-refractivity contribution in [2.45, 2.75) is 40.2 Å². The number of aromatic nitrogens is 2. The molecule has 1 N–H and O–H groups in total. The molecule has 1 aromatic heterocycles. The molecule has 2 aromatic rings. The third-order valence-corrected chi connectivity index (χ3v) is 5.90. The van der Waals surface area contributed by atoms with E-state index >= 15 is 0 Å². The fourth-order valence-electron chi connectivity index (χ4n) is 3.95. The van der Waals surface area contributed by atoms with E-state index in [0.29, 0.717) is 32.1 Å². The number of rotatable bonds is 9. The molecule has 0 radical (unpaired) electrons. The first-order valence-electron chi connectivity index (χ1n) is 11.1. The van der Waals surface area contributed by atoms with Crippen molar-refractivity contribution < 1.29 is 9.84 Å². The van der Waals surface area contributed by atoms with E-state index in [1.165, 1.54) is 0 Å². The van der Waals surface area contributed by atoms with E-state index in [2.05, 4.69) is 34.7 Å². The summed E-state index contributed by atoms with van der Waals surface area (Å²) >= 11 is 6.42. The fraction of sp³-hybridized carbons (Fsp3) is 0.583. The second-order valence-electron chi connectivity index (χ2n) is 8.80. The van der Waals surface area contributed by atoms with Crippen molar-refractivity contribution in [2.75, 3.05) is 50.8 Å². The number of aliphatic hydroxyl groups is 1. The minimum absolute atomic E-state index is 0.394. The molecule has 2 heterocycles. The number of benzene rings is 1. The number of anilines is 1. The van der Waals surface area contributed by atoms with Crippen LogP contribution in [0, 0.1) is 19.8 Å². The van der Waals surface area contributed by atoms with Crippen molar-refractivity contribution in [2.24, 2.45) is 5.92 Å². The Balaban J connectivity index is 1.64. The van der Waals surface area contributed by atoms with Gasteiger partial charge in [0, 0.05) is 62.0 Å². The number of halogens is 1. The van der Waals surface area contributed by atoms with Gasteiger partial charge in [0.2, 0.25) is 0 Å². The first-order valence-corrected chi connectivity index (χ1v) is 11.5. The molecular weight excluding hydrogens is 412 g/mol. The van der Waals surface area contributed by atoms with Crippen LogP contribution in [-0.4, -0.2) is 72.0 Å². The molecule has 1 aromatic carbocycles. The van der Waals surface area contributed by atoms with Crippen LogP contribution in [0.4, 0.5) is 5.82 Å². The highest BCUT2D eigenvalue weighted by Gasteiger charge is 2.24. The van der Waals surface area contributed by atoms with Crippen LogP contribution in [0.1, 0.15) is 36.5 Å². The highest BCUT2D eigenvalue weighted by atomic mass is 35.5. The summed E-state index contributed by atoms with van der Waals surface area (Å²) < 4.78 is 5.58. The molecule has 1 unspecified atom stereocenters. The van der Waals surface area contributed by atoms with Gasteiger partial charge in [-0.15, -0.1) is 0 Å². The maximum Gasteiger partial charge on any atom is 0.136 e. The number of hydrogen-bond acceptors (Lipinski definition) is 6. The molecule has 0 bridgehead atoms. The molecule has 0 aliphatic carbocycles. The summed E-state index contributed by atoms with van der Waals surface area (Å²) in [4.78, 5) is 14.1. The fourth-order valence-corrected chi connectivity index (χ4v) is 4.15. The number of β-amino-alcohol motifs (C(OH)–C–C–N with tert-alkyl or cyclic N) is 1. The molecule has 1 aliphatic heterocycles. The Kier molecular flexibility index (Phi) is 8.67. The minimum atomic E-state index is -0.454. The number of aliphatic hydroxyl groups excluding tert-OH is 1. The quantitative estimate of drug-likeness (QED) is 0.636. The van der Waals surface area contributed by atoms with Gasteiger partial charge in [0.25, 0.3) is 0 Å². The molecule has 6 nitrogen and oxygen atoms in total. The average molecular weight is 447 g/mol. The lowest BCUT2D eigenvalue weighted by molar-refractivity contribution is 0.00745. The van der Waals surface area contributed by atoms with E-state index < -0.39 is 6.10 Å². The van der Waals surface area contributed by atoms with E-state index in [9.17, 15) is 5.11 Å². The lowest BCUT2D eigenvalue weighted by Crippen LogP contribution is -2.49. The van der Waals surface area contributed by atoms with Crippen molar-refractivity contribution in [1.29, 1.82) is 0 Å². The van der Waals surface area contributed by atoms with E-state index in [0.717, 1.165) is 59.7 Å². The predicted octanol–water partition coefficient (Wildman–Crippen LogP) is 3.49. The first-order chi connectivity index (χ1) is 14.8. The molecule has 0 spiro atoms. The molecule has 0 amide bonds. The summed E-state index contributed by atoms with van der Waals surface area (Å²) in [5.41, 5.74) is 3.22. The van der Waals surface area contributed by atoms with Crippen LogP contribution in [0.5, 0.6) is 0 Å². The molecular formula is C24H35ClN4O2. The van der Waals surface area contributed by atoms with E-state index in [1.54, 1.807) is 0 Å². The Labute approximate surface area is 191 Å². The molecule has 1 fully saturated rings. The van der Waals surface area contributed by atoms with Gasteiger partial charge in [0.05, 0.1) is 12.7 Å². The van der Waals surface area contributed by atoms with Crippen LogP contribution in [0.25, 0.3) is 0 Å². The topological polar surface area (TPSA) is 61.7 Å². The number of hydrogen-bond donors (Lipinski definition) is 1. The molecule has 0 saturated carbocycles. The maximum absolute atomic E-state index is 10.3. The molecule has 7 heteroatoms. The van der Waals surface area contributed by atoms with Gasteiger partial charge in [-0.05, 0) is 31.4 Å². The van der Waals surface area contributed by atoms with E-state index in [1.807, 2.05) is 32.0 Å². The van der Waals surface area contributed by atoms with Gasteiger partial charge in [0.1, 0.15) is 11.6 Å². The summed E-state index contributed by atoms with van der Waals surface area (Å²) in [5.74, 6) is 2.27. The molecule has 170 valence electrons. The highest BCUT2D eigenvalue weighted by Crippen LogP contribution is 2.27. The lowest BCUT2D eigenvalue weighted by Gasteiger charge is -2.37.